The van der Waals surface area contributed by atoms with Gasteiger partial charge in [0.15, 0.2) is 0 Å². The molecule has 0 saturated heterocycles. The summed E-state index contributed by atoms with van der Waals surface area (Å²) in [6.07, 6.45) is 18.7. The third-order valence-electron chi connectivity index (χ3n) is 1.22. The van der Waals surface area contributed by atoms with Gasteiger partial charge in [-0.2, -0.15) is 0 Å². The number of hydrogen-bond acceptors (Lipinski definition) is 1. The summed E-state index contributed by atoms with van der Waals surface area (Å²) in [5.74, 6) is -0.922. The Morgan fingerprint density at radius 2 is 1.53 bits per heavy atom. The van der Waals surface area contributed by atoms with Crippen molar-refractivity contribution in [1.82, 2.24) is 0 Å². The molecule has 0 bridgehead atoms. The van der Waals surface area contributed by atoms with Gasteiger partial charge in [-0.15, -0.1) is 25.7 Å². The summed E-state index contributed by atoms with van der Waals surface area (Å²) >= 11 is 0. The first-order chi connectivity index (χ1) is 7.29. The van der Waals surface area contributed by atoms with Crippen LogP contribution in [0.4, 0.5) is 0 Å². The molecule has 15 heavy (non-hydrogen) atoms. The molecule has 0 aliphatic rings. The highest BCUT2D eigenvalue weighted by atomic mass is 16.4. The minimum atomic E-state index is -0.922. The van der Waals surface area contributed by atoms with Gasteiger partial charge in [-0.3, -0.25) is 0 Å². The van der Waals surface area contributed by atoms with E-state index in [1.807, 2.05) is 30.3 Å². The van der Waals surface area contributed by atoms with Gasteiger partial charge in [0.1, 0.15) is 0 Å². The summed E-state index contributed by atoms with van der Waals surface area (Å²) in [6.45, 7) is 0. The van der Waals surface area contributed by atoms with Crippen molar-refractivity contribution in [3.8, 4) is 25.7 Å². The minimum absolute atomic E-state index is 0.898. The third-order valence-corrected chi connectivity index (χ3v) is 1.22. The highest BCUT2D eigenvalue weighted by Crippen LogP contribution is 1.99. The number of carbonyl (C=O) groups is 1. The van der Waals surface area contributed by atoms with Gasteiger partial charge in [-0.1, -0.05) is 30.3 Å². The standard InChI is InChI=1S/C9H8O2.2C2H2/c10-9(11)7-6-8-4-2-1-3-5-8;2*1-2/h1-7H,(H,10,11);2*1-2H. The van der Waals surface area contributed by atoms with Crippen LogP contribution < -0.4 is 0 Å². The van der Waals surface area contributed by atoms with E-state index in [9.17, 15) is 4.79 Å². The lowest BCUT2D eigenvalue weighted by molar-refractivity contribution is -0.131. The molecule has 0 fully saturated rings. The summed E-state index contributed by atoms with van der Waals surface area (Å²) in [5.41, 5.74) is 0.898. The summed E-state index contributed by atoms with van der Waals surface area (Å²) < 4.78 is 0. The van der Waals surface area contributed by atoms with Crippen molar-refractivity contribution in [2.45, 2.75) is 0 Å². The van der Waals surface area contributed by atoms with Gasteiger partial charge in [0.2, 0.25) is 0 Å². The van der Waals surface area contributed by atoms with Gasteiger partial charge in [0.25, 0.3) is 0 Å². The molecule has 1 aromatic rings. The summed E-state index contributed by atoms with van der Waals surface area (Å²) in [7, 11) is 0. The second-order valence-corrected chi connectivity index (χ2v) is 2.08. The fourth-order valence-electron chi connectivity index (χ4n) is 0.732. The Balaban J connectivity index is 0. The molecule has 0 atom stereocenters. The molecule has 0 radical (unpaired) electrons. The Bertz CT molecular complexity index is 325. The molecule has 0 saturated carbocycles. The molecule has 0 spiro atoms. The minimum Gasteiger partial charge on any atom is -0.478 e. The van der Waals surface area contributed by atoms with Gasteiger partial charge in [-0.05, 0) is 11.6 Å². The number of rotatable bonds is 2. The maximum absolute atomic E-state index is 10.1. The Morgan fingerprint density at radius 1 is 1.07 bits per heavy atom. The molecule has 0 heterocycles. The quantitative estimate of drug-likeness (QED) is 0.587. The van der Waals surface area contributed by atoms with Crippen LogP contribution in [0.5, 0.6) is 0 Å². The van der Waals surface area contributed by atoms with Gasteiger partial charge < -0.3 is 5.11 Å². The first-order valence-corrected chi connectivity index (χ1v) is 3.92. The van der Waals surface area contributed by atoms with Crippen LogP contribution in [0.2, 0.25) is 0 Å². The van der Waals surface area contributed by atoms with Crippen molar-refractivity contribution >= 4 is 12.0 Å². The van der Waals surface area contributed by atoms with Crippen LogP contribution in [-0.4, -0.2) is 11.1 Å². The number of benzene rings is 1. The van der Waals surface area contributed by atoms with Crippen LogP contribution in [-0.2, 0) is 4.79 Å². The van der Waals surface area contributed by atoms with Crippen LogP contribution in [0.1, 0.15) is 5.56 Å². The molecule has 0 amide bonds. The van der Waals surface area contributed by atoms with Gasteiger partial charge >= 0.3 is 5.97 Å². The molecule has 1 N–H and O–H groups in total. The maximum atomic E-state index is 10.1. The monoisotopic (exact) mass is 200 g/mol. The van der Waals surface area contributed by atoms with Crippen molar-refractivity contribution < 1.29 is 9.90 Å². The predicted octanol–water partition coefficient (Wildman–Crippen LogP) is 2.28. The van der Waals surface area contributed by atoms with E-state index in [1.54, 1.807) is 6.08 Å². The lowest BCUT2D eigenvalue weighted by atomic mass is 10.2. The fraction of sp³-hybridized carbons (Fsp3) is 0. The second kappa shape index (κ2) is 11.6. The number of hydrogen-bond donors (Lipinski definition) is 1. The molecule has 1 rings (SSSR count). The molecule has 0 aliphatic heterocycles. The SMILES string of the molecule is C#C.C#C.O=C(O)C=Cc1ccccc1. The zero-order valence-electron chi connectivity index (χ0n) is 8.21. The van der Waals surface area contributed by atoms with Crippen molar-refractivity contribution in [2.24, 2.45) is 0 Å². The van der Waals surface area contributed by atoms with Crippen LogP contribution in [0.15, 0.2) is 36.4 Å². The van der Waals surface area contributed by atoms with Gasteiger partial charge in [0, 0.05) is 6.08 Å². The van der Waals surface area contributed by atoms with E-state index in [0.717, 1.165) is 11.6 Å². The van der Waals surface area contributed by atoms with E-state index in [4.69, 9.17) is 5.11 Å². The highest BCUT2D eigenvalue weighted by Gasteiger charge is 1.85. The lowest BCUT2D eigenvalue weighted by Crippen LogP contribution is -1.85. The summed E-state index contributed by atoms with van der Waals surface area (Å²) in [4.78, 5) is 10.1. The van der Waals surface area contributed by atoms with Crippen molar-refractivity contribution in [2.75, 3.05) is 0 Å². The Labute approximate surface area is 90.3 Å². The first-order valence-electron chi connectivity index (χ1n) is 3.92. The average Bonchev–Trinajstić information content (AvgIpc) is 2.33. The topological polar surface area (TPSA) is 37.3 Å². The maximum Gasteiger partial charge on any atom is 0.328 e. The predicted molar refractivity (Wildman–Crippen MR) is 62.9 cm³/mol. The summed E-state index contributed by atoms with van der Waals surface area (Å²) in [5, 5.41) is 8.29. The third kappa shape index (κ3) is 9.46. The molecule has 1 aromatic carbocycles. The van der Waals surface area contributed by atoms with Gasteiger partial charge in [0.05, 0.1) is 0 Å². The zero-order valence-corrected chi connectivity index (χ0v) is 8.21. The molecule has 2 nitrogen and oxygen atoms in total. The molecule has 0 aliphatic carbocycles. The van der Waals surface area contributed by atoms with Crippen molar-refractivity contribution in [1.29, 1.82) is 0 Å². The van der Waals surface area contributed by atoms with Crippen LogP contribution in [0.25, 0.3) is 6.08 Å². The van der Waals surface area contributed by atoms with Crippen molar-refractivity contribution in [3.05, 3.63) is 42.0 Å². The van der Waals surface area contributed by atoms with E-state index in [1.165, 1.54) is 0 Å². The van der Waals surface area contributed by atoms with Crippen LogP contribution >= 0.6 is 0 Å². The van der Waals surface area contributed by atoms with E-state index < -0.39 is 5.97 Å². The van der Waals surface area contributed by atoms with E-state index in [0.29, 0.717) is 0 Å². The van der Waals surface area contributed by atoms with E-state index >= 15 is 0 Å². The highest BCUT2D eigenvalue weighted by molar-refractivity contribution is 5.85. The van der Waals surface area contributed by atoms with Crippen LogP contribution in [0, 0.1) is 25.7 Å². The smallest absolute Gasteiger partial charge is 0.328 e. The molecular weight excluding hydrogens is 188 g/mol. The van der Waals surface area contributed by atoms with E-state index in [2.05, 4.69) is 25.7 Å². The Hall–Kier alpha value is -2.45. The number of aliphatic carboxylic acids is 1. The molecule has 0 unspecified atom stereocenters. The first kappa shape index (κ1) is 15.0. The number of terminal acetylenes is 2. The number of carboxylic acids is 1. The Morgan fingerprint density at radius 3 is 1.93 bits per heavy atom. The largest absolute Gasteiger partial charge is 0.478 e. The average molecular weight is 200 g/mol. The fourth-order valence-corrected chi connectivity index (χ4v) is 0.732. The van der Waals surface area contributed by atoms with Crippen LogP contribution in [0.3, 0.4) is 0 Å². The summed E-state index contributed by atoms with van der Waals surface area (Å²) in [6, 6.07) is 9.31. The molecule has 2 heteroatoms. The number of carboxylic acid groups (broad SMARTS) is 1. The second-order valence-electron chi connectivity index (χ2n) is 2.08. The van der Waals surface area contributed by atoms with Gasteiger partial charge in [-0.25, -0.2) is 4.79 Å². The molecular formula is C13H12O2. The normalized spacial score (nSPS) is 7.73. The van der Waals surface area contributed by atoms with E-state index in [-0.39, 0.29) is 0 Å². The molecule has 0 aromatic heterocycles. The Kier molecular flexibility index (Phi) is 11.6. The van der Waals surface area contributed by atoms with Crippen molar-refractivity contribution in [3.63, 3.8) is 0 Å². The molecule has 76 valence electrons. The zero-order chi connectivity index (χ0) is 12.1. The lowest BCUT2D eigenvalue weighted by Gasteiger charge is -1.87.